The zero-order chi connectivity index (χ0) is 19.0. The fraction of sp³-hybridized carbons (Fsp3) is 0.296. The van der Waals surface area contributed by atoms with Gasteiger partial charge in [0.25, 0.3) is 0 Å². The van der Waals surface area contributed by atoms with Crippen molar-refractivity contribution in [2.45, 2.75) is 43.9 Å². The fourth-order valence-corrected chi connectivity index (χ4v) is 5.47. The molecule has 2 aliphatic rings. The molecule has 0 N–H and O–H groups in total. The van der Waals surface area contributed by atoms with Crippen molar-refractivity contribution in [3.63, 3.8) is 0 Å². The van der Waals surface area contributed by atoms with Gasteiger partial charge in [-0.15, -0.1) is 0 Å². The predicted molar refractivity (Wildman–Crippen MR) is 114 cm³/mol. The third-order valence-electron chi connectivity index (χ3n) is 6.86. The molecule has 1 unspecified atom stereocenters. The first-order valence-electron chi connectivity index (χ1n) is 10.5. The van der Waals surface area contributed by atoms with Crippen molar-refractivity contribution in [2.24, 2.45) is 5.92 Å². The van der Waals surface area contributed by atoms with Gasteiger partial charge in [0.2, 0.25) is 0 Å². The normalized spacial score (nSPS) is 21.8. The lowest BCUT2D eigenvalue weighted by atomic mass is 9.71. The van der Waals surface area contributed by atoms with Gasteiger partial charge in [0.1, 0.15) is 5.78 Å². The van der Waals surface area contributed by atoms with Crippen molar-refractivity contribution < 1.29 is 4.79 Å². The zero-order valence-electron chi connectivity index (χ0n) is 16.2. The number of carbonyl (C=O) groups is 1. The Morgan fingerprint density at radius 1 is 0.750 bits per heavy atom. The number of Topliss-reactive ketones (excluding diaryl/α,β-unsaturated/α-hetero) is 1. The molecule has 3 aromatic rings. The van der Waals surface area contributed by atoms with Gasteiger partial charge in [-0.1, -0.05) is 78.9 Å². The monoisotopic (exact) mass is 366 g/mol. The van der Waals surface area contributed by atoms with E-state index in [1.165, 1.54) is 27.8 Å². The zero-order valence-corrected chi connectivity index (χ0v) is 16.2. The fourth-order valence-electron chi connectivity index (χ4n) is 5.47. The summed E-state index contributed by atoms with van der Waals surface area (Å²) in [6.07, 6.45) is 5.99. The summed E-state index contributed by atoms with van der Waals surface area (Å²) in [4.78, 5) is 13.1. The van der Waals surface area contributed by atoms with Gasteiger partial charge in [0.15, 0.2) is 0 Å². The van der Waals surface area contributed by atoms with Gasteiger partial charge in [-0.05, 0) is 65.8 Å². The van der Waals surface area contributed by atoms with Gasteiger partial charge >= 0.3 is 0 Å². The Kier molecular flexibility index (Phi) is 4.39. The van der Waals surface area contributed by atoms with Crippen LogP contribution >= 0.6 is 0 Å². The highest BCUT2D eigenvalue weighted by Crippen LogP contribution is 2.46. The summed E-state index contributed by atoms with van der Waals surface area (Å²) < 4.78 is 0. The molecule has 1 nitrogen and oxygen atoms in total. The second-order valence-corrected chi connectivity index (χ2v) is 8.55. The lowest BCUT2D eigenvalue weighted by Gasteiger charge is -2.31. The van der Waals surface area contributed by atoms with Crippen LogP contribution in [0.4, 0.5) is 0 Å². The summed E-state index contributed by atoms with van der Waals surface area (Å²) in [6, 6.07) is 28.1. The summed E-state index contributed by atoms with van der Waals surface area (Å²) in [7, 11) is 0. The Labute approximate surface area is 167 Å². The largest absolute Gasteiger partial charge is 0.299 e. The number of hydrogen-bond acceptors (Lipinski definition) is 1. The topological polar surface area (TPSA) is 17.1 Å². The van der Waals surface area contributed by atoms with E-state index in [-0.39, 0.29) is 5.41 Å². The quantitative estimate of drug-likeness (QED) is 0.541. The Morgan fingerprint density at radius 3 is 1.96 bits per heavy atom. The van der Waals surface area contributed by atoms with Gasteiger partial charge in [-0.3, -0.25) is 4.79 Å². The van der Waals surface area contributed by atoms with Crippen LogP contribution in [0.15, 0.2) is 78.9 Å². The van der Waals surface area contributed by atoms with Crippen molar-refractivity contribution >= 4 is 5.78 Å². The van der Waals surface area contributed by atoms with Crippen LogP contribution in [-0.4, -0.2) is 5.78 Å². The highest BCUT2D eigenvalue weighted by atomic mass is 16.1. The highest BCUT2D eigenvalue weighted by molar-refractivity contribution is 5.92. The first-order valence-corrected chi connectivity index (χ1v) is 10.5. The molecule has 0 heterocycles. The molecular weight excluding hydrogens is 340 g/mol. The Balaban J connectivity index is 1.44. The average molecular weight is 367 g/mol. The molecule has 140 valence electrons. The molecule has 0 aliphatic heterocycles. The van der Waals surface area contributed by atoms with E-state index in [2.05, 4.69) is 72.8 Å². The summed E-state index contributed by atoms with van der Waals surface area (Å²) in [5.41, 5.74) is 6.36. The number of benzene rings is 3. The molecule has 1 heteroatoms. The Hall–Kier alpha value is -2.67. The van der Waals surface area contributed by atoms with E-state index in [1.807, 2.05) is 6.07 Å². The first kappa shape index (κ1) is 17.4. The van der Waals surface area contributed by atoms with E-state index < -0.39 is 0 Å². The van der Waals surface area contributed by atoms with Crippen LogP contribution in [0.1, 0.15) is 42.4 Å². The van der Waals surface area contributed by atoms with Gasteiger partial charge in [-0.25, -0.2) is 0 Å². The molecule has 0 radical (unpaired) electrons. The molecule has 2 aliphatic carbocycles. The smallest absolute Gasteiger partial charge is 0.143 e. The minimum Gasteiger partial charge on any atom is -0.299 e. The summed E-state index contributed by atoms with van der Waals surface area (Å²) in [5.74, 6) is 1.03. The minimum absolute atomic E-state index is 0.276. The third kappa shape index (κ3) is 2.99. The predicted octanol–water partition coefficient (Wildman–Crippen LogP) is 6.15. The molecule has 3 aromatic carbocycles. The van der Waals surface area contributed by atoms with E-state index in [9.17, 15) is 4.79 Å². The number of rotatable bonds is 4. The number of ketones is 1. The molecule has 0 spiro atoms. The first-order chi connectivity index (χ1) is 13.7. The maximum Gasteiger partial charge on any atom is 0.143 e. The van der Waals surface area contributed by atoms with E-state index in [0.717, 1.165) is 38.5 Å². The van der Waals surface area contributed by atoms with Gasteiger partial charge in [-0.2, -0.15) is 0 Å². The molecular formula is C27H26O. The van der Waals surface area contributed by atoms with E-state index in [1.54, 1.807) is 0 Å². The van der Waals surface area contributed by atoms with Gasteiger partial charge < -0.3 is 0 Å². The van der Waals surface area contributed by atoms with Crippen LogP contribution in [0.2, 0.25) is 0 Å². The lowest BCUT2D eigenvalue weighted by molar-refractivity contribution is -0.122. The number of hydrogen-bond donors (Lipinski definition) is 0. The van der Waals surface area contributed by atoms with E-state index >= 15 is 0 Å². The van der Waals surface area contributed by atoms with Crippen molar-refractivity contribution in [1.82, 2.24) is 0 Å². The van der Waals surface area contributed by atoms with Crippen LogP contribution in [0.3, 0.4) is 0 Å². The van der Waals surface area contributed by atoms with Crippen LogP contribution in [0.25, 0.3) is 11.1 Å². The molecule has 1 fully saturated rings. The molecule has 28 heavy (non-hydrogen) atoms. The second kappa shape index (κ2) is 7.05. The maximum atomic E-state index is 13.1. The molecule has 0 amide bonds. The molecule has 1 saturated carbocycles. The SMILES string of the molecule is O=C1CCCC1(CC1Cc2ccccc2C1)c1ccc(-c2ccccc2)cc1. The molecule has 5 rings (SSSR count). The average Bonchev–Trinajstić information content (AvgIpc) is 3.32. The van der Waals surface area contributed by atoms with Crippen molar-refractivity contribution in [3.05, 3.63) is 95.6 Å². The minimum atomic E-state index is -0.276. The summed E-state index contributed by atoms with van der Waals surface area (Å²) in [5, 5.41) is 0. The van der Waals surface area contributed by atoms with E-state index in [0.29, 0.717) is 11.7 Å². The van der Waals surface area contributed by atoms with E-state index in [4.69, 9.17) is 0 Å². The molecule has 0 bridgehead atoms. The Morgan fingerprint density at radius 2 is 1.36 bits per heavy atom. The van der Waals surface area contributed by atoms with Crippen LogP contribution < -0.4 is 0 Å². The number of fused-ring (bicyclic) bond motifs is 1. The Bertz CT molecular complexity index is 961. The lowest BCUT2D eigenvalue weighted by Crippen LogP contribution is -2.33. The van der Waals surface area contributed by atoms with Crippen LogP contribution in [0, 0.1) is 5.92 Å². The highest BCUT2D eigenvalue weighted by Gasteiger charge is 2.45. The summed E-state index contributed by atoms with van der Waals surface area (Å²) in [6.45, 7) is 0. The van der Waals surface area contributed by atoms with Crippen molar-refractivity contribution in [2.75, 3.05) is 0 Å². The third-order valence-corrected chi connectivity index (χ3v) is 6.86. The molecule has 0 aromatic heterocycles. The van der Waals surface area contributed by atoms with Crippen molar-refractivity contribution in [3.8, 4) is 11.1 Å². The summed E-state index contributed by atoms with van der Waals surface area (Å²) >= 11 is 0. The number of carbonyl (C=O) groups excluding carboxylic acids is 1. The van der Waals surface area contributed by atoms with Crippen LogP contribution in [0.5, 0.6) is 0 Å². The van der Waals surface area contributed by atoms with Crippen molar-refractivity contribution in [1.29, 1.82) is 0 Å². The maximum absolute atomic E-state index is 13.1. The second-order valence-electron chi connectivity index (χ2n) is 8.55. The van der Waals surface area contributed by atoms with Crippen LogP contribution in [-0.2, 0) is 23.1 Å². The molecule has 0 saturated heterocycles. The van der Waals surface area contributed by atoms with Gasteiger partial charge in [0, 0.05) is 6.42 Å². The van der Waals surface area contributed by atoms with Gasteiger partial charge in [0.05, 0.1) is 5.41 Å². The molecule has 1 atom stereocenters. The standard InChI is InChI=1S/C27H26O/c28-26-11-6-16-27(26,19-20-17-23-9-4-5-10-24(23)18-20)25-14-12-22(13-15-25)21-7-2-1-3-8-21/h1-5,7-10,12-15,20H,6,11,16-19H2.